The summed E-state index contributed by atoms with van der Waals surface area (Å²) >= 11 is 1.22. The summed E-state index contributed by atoms with van der Waals surface area (Å²) < 4.78 is 32.1. The highest BCUT2D eigenvalue weighted by atomic mass is 32.2. The summed E-state index contributed by atoms with van der Waals surface area (Å²) in [4.78, 5) is 0.587. The van der Waals surface area contributed by atoms with E-state index < -0.39 is 10.0 Å². The number of hydrogen-bond donors (Lipinski definition) is 2. The topological polar surface area (TPSA) is 79.5 Å². The minimum absolute atomic E-state index is 0.145. The lowest BCUT2D eigenvalue weighted by Crippen LogP contribution is -2.34. The van der Waals surface area contributed by atoms with E-state index in [1.54, 1.807) is 30.7 Å². The van der Waals surface area contributed by atoms with Crippen LogP contribution in [0.25, 0.3) is 0 Å². The highest BCUT2D eigenvalue weighted by Crippen LogP contribution is 2.22. The van der Waals surface area contributed by atoms with Gasteiger partial charge >= 0.3 is 0 Å². The summed E-state index contributed by atoms with van der Waals surface area (Å²) in [6, 6.07) is 4.77. The third kappa shape index (κ3) is 3.44. The van der Waals surface area contributed by atoms with Crippen LogP contribution in [-0.4, -0.2) is 19.6 Å². The highest BCUT2D eigenvalue weighted by molar-refractivity contribution is 7.89. The zero-order valence-corrected chi connectivity index (χ0v) is 12.0. The Bertz CT molecular complexity index is 616. The third-order valence-electron chi connectivity index (χ3n) is 2.58. The van der Waals surface area contributed by atoms with Crippen molar-refractivity contribution in [3.8, 4) is 0 Å². The first kappa shape index (κ1) is 14.3. The van der Waals surface area contributed by atoms with Crippen LogP contribution in [0.5, 0.6) is 0 Å². The van der Waals surface area contributed by atoms with Crippen LogP contribution in [0.4, 0.5) is 0 Å². The average Bonchev–Trinajstić information content (AvgIpc) is 2.97. The van der Waals surface area contributed by atoms with Gasteiger partial charge in [0.05, 0.1) is 17.8 Å². The fourth-order valence-corrected chi connectivity index (χ4v) is 4.32. The molecule has 2 N–H and O–H groups in total. The van der Waals surface area contributed by atoms with Crippen LogP contribution in [0.15, 0.2) is 39.2 Å². The van der Waals surface area contributed by atoms with Gasteiger partial charge in [0, 0.05) is 17.3 Å². The predicted octanol–water partition coefficient (Wildman–Crippen LogP) is 1.74. The summed E-state index contributed by atoms with van der Waals surface area (Å²) in [6.07, 6.45) is 2.03. The van der Waals surface area contributed by atoms with Gasteiger partial charge in [-0.15, -0.1) is 11.3 Å². The van der Waals surface area contributed by atoms with Gasteiger partial charge in [0.25, 0.3) is 0 Å². The maximum Gasteiger partial charge on any atom is 0.242 e. The molecule has 2 aromatic heterocycles. The van der Waals surface area contributed by atoms with E-state index in [1.807, 2.05) is 0 Å². The van der Waals surface area contributed by atoms with Crippen molar-refractivity contribution in [3.63, 3.8) is 0 Å². The maximum atomic E-state index is 12.2. The SMILES string of the molecule is CC(Cc1ccco1)NS(=O)(=O)c1ccsc1CO. The number of furan rings is 1. The number of sulfonamides is 1. The molecule has 0 spiro atoms. The quantitative estimate of drug-likeness (QED) is 0.852. The normalized spacial score (nSPS) is 13.6. The minimum Gasteiger partial charge on any atom is -0.469 e. The van der Waals surface area contributed by atoms with Gasteiger partial charge in [-0.25, -0.2) is 13.1 Å². The molecule has 0 aliphatic heterocycles. The first-order chi connectivity index (χ1) is 9.03. The van der Waals surface area contributed by atoms with Crippen molar-refractivity contribution in [1.82, 2.24) is 4.72 Å². The largest absolute Gasteiger partial charge is 0.469 e. The molecular formula is C12H15NO4S2. The summed E-state index contributed by atoms with van der Waals surface area (Å²) in [5, 5.41) is 10.8. The molecule has 0 fully saturated rings. The molecule has 0 aromatic carbocycles. The molecule has 0 saturated heterocycles. The molecule has 0 radical (unpaired) electrons. The van der Waals surface area contributed by atoms with E-state index in [2.05, 4.69) is 4.72 Å². The molecular weight excluding hydrogens is 286 g/mol. The second kappa shape index (κ2) is 5.87. The van der Waals surface area contributed by atoms with Gasteiger partial charge in [-0.2, -0.15) is 0 Å². The molecule has 1 atom stereocenters. The Morgan fingerprint density at radius 3 is 2.89 bits per heavy atom. The molecule has 0 aliphatic rings. The molecule has 5 nitrogen and oxygen atoms in total. The number of hydrogen-bond acceptors (Lipinski definition) is 5. The number of nitrogens with one attached hydrogen (secondary N) is 1. The lowest BCUT2D eigenvalue weighted by molar-refractivity contribution is 0.282. The van der Waals surface area contributed by atoms with Gasteiger partial charge < -0.3 is 9.52 Å². The van der Waals surface area contributed by atoms with Crippen LogP contribution in [0.3, 0.4) is 0 Å². The van der Waals surface area contributed by atoms with Crippen LogP contribution in [0.2, 0.25) is 0 Å². The summed E-state index contributed by atoms with van der Waals surface area (Å²) in [5.74, 6) is 0.725. The molecule has 104 valence electrons. The van der Waals surface area contributed by atoms with Crippen molar-refractivity contribution in [2.45, 2.75) is 30.9 Å². The number of thiophene rings is 1. The second-order valence-corrected chi connectivity index (χ2v) is 6.86. The molecule has 2 heterocycles. The van der Waals surface area contributed by atoms with Gasteiger partial charge in [-0.3, -0.25) is 0 Å². The zero-order valence-electron chi connectivity index (χ0n) is 10.4. The Kier molecular flexibility index (Phi) is 4.41. The highest BCUT2D eigenvalue weighted by Gasteiger charge is 2.22. The smallest absolute Gasteiger partial charge is 0.242 e. The minimum atomic E-state index is -3.60. The molecule has 2 aromatic rings. The molecule has 2 rings (SSSR count). The Morgan fingerprint density at radius 2 is 2.26 bits per heavy atom. The van der Waals surface area contributed by atoms with Crippen molar-refractivity contribution >= 4 is 21.4 Å². The standard InChI is InChI=1S/C12H15NO4S2/c1-9(7-10-3-2-5-17-10)13-19(15,16)12-4-6-18-11(12)8-14/h2-6,9,13-14H,7-8H2,1H3. The average molecular weight is 301 g/mol. The van der Waals surface area contributed by atoms with Crippen LogP contribution in [-0.2, 0) is 23.1 Å². The molecule has 1 unspecified atom stereocenters. The van der Waals surface area contributed by atoms with Crippen molar-refractivity contribution < 1.29 is 17.9 Å². The molecule has 0 bridgehead atoms. The molecule has 0 aliphatic carbocycles. The van der Waals surface area contributed by atoms with E-state index in [-0.39, 0.29) is 17.5 Å². The van der Waals surface area contributed by atoms with E-state index in [1.165, 1.54) is 17.4 Å². The van der Waals surface area contributed by atoms with Crippen LogP contribution in [0, 0.1) is 0 Å². The summed E-state index contributed by atoms with van der Waals surface area (Å²) in [6.45, 7) is 1.49. The first-order valence-electron chi connectivity index (χ1n) is 5.75. The van der Waals surface area contributed by atoms with Crippen molar-refractivity contribution in [3.05, 3.63) is 40.5 Å². The number of aliphatic hydroxyl groups excluding tert-OH is 1. The molecule has 7 heteroatoms. The first-order valence-corrected chi connectivity index (χ1v) is 8.11. The molecule has 0 saturated carbocycles. The number of aliphatic hydroxyl groups is 1. The van der Waals surface area contributed by atoms with E-state index in [4.69, 9.17) is 9.52 Å². The van der Waals surface area contributed by atoms with E-state index in [0.29, 0.717) is 11.3 Å². The fourth-order valence-electron chi connectivity index (χ4n) is 1.78. The van der Waals surface area contributed by atoms with Gasteiger partial charge in [-0.05, 0) is 30.5 Å². The lowest BCUT2D eigenvalue weighted by Gasteiger charge is -2.13. The van der Waals surface area contributed by atoms with Gasteiger partial charge in [0.2, 0.25) is 10.0 Å². The van der Waals surface area contributed by atoms with E-state index >= 15 is 0 Å². The van der Waals surface area contributed by atoms with E-state index in [9.17, 15) is 8.42 Å². The Morgan fingerprint density at radius 1 is 1.47 bits per heavy atom. The summed E-state index contributed by atoms with van der Waals surface area (Å²) in [5.41, 5.74) is 0. The van der Waals surface area contributed by atoms with Crippen LogP contribution in [0.1, 0.15) is 17.6 Å². The monoisotopic (exact) mass is 301 g/mol. The van der Waals surface area contributed by atoms with Gasteiger partial charge in [0.1, 0.15) is 5.76 Å². The van der Waals surface area contributed by atoms with Crippen molar-refractivity contribution in [2.75, 3.05) is 0 Å². The Labute approximate surface area is 115 Å². The number of rotatable bonds is 6. The van der Waals surface area contributed by atoms with Crippen LogP contribution >= 0.6 is 11.3 Å². The zero-order chi connectivity index (χ0) is 13.9. The summed E-state index contributed by atoms with van der Waals surface area (Å²) in [7, 11) is -3.60. The fraction of sp³-hybridized carbons (Fsp3) is 0.333. The Hall–Kier alpha value is -1.15. The molecule has 19 heavy (non-hydrogen) atoms. The second-order valence-electron chi connectivity index (χ2n) is 4.17. The predicted molar refractivity (Wildman–Crippen MR) is 72.4 cm³/mol. The van der Waals surface area contributed by atoms with E-state index in [0.717, 1.165) is 5.76 Å². The van der Waals surface area contributed by atoms with Crippen LogP contribution < -0.4 is 4.72 Å². The van der Waals surface area contributed by atoms with Gasteiger partial charge in [-0.1, -0.05) is 0 Å². The lowest BCUT2D eigenvalue weighted by atomic mass is 10.2. The van der Waals surface area contributed by atoms with Crippen molar-refractivity contribution in [1.29, 1.82) is 0 Å². The third-order valence-corrected chi connectivity index (χ3v) is 5.29. The van der Waals surface area contributed by atoms with Gasteiger partial charge in [0.15, 0.2) is 0 Å². The Balaban J connectivity index is 2.09. The van der Waals surface area contributed by atoms with Crippen molar-refractivity contribution in [2.24, 2.45) is 0 Å². The molecule has 0 amide bonds. The maximum absolute atomic E-state index is 12.2.